The van der Waals surface area contributed by atoms with Crippen LogP contribution in [0, 0.1) is 0 Å². The number of hydrogen-bond acceptors (Lipinski definition) is 4. The molecule has 1 aromatic rings. The number of ether oxygens (including phenoxy) is 1. The first-order valence-corrected chi connectivity index (χ1v) is 5.61. The summed E-state index contributed by atoms with van der Waals surface area (Å²) in [6.45, 7) is 5.40. The molecule has 0 amide bonds. The van der Waals surface area contributed by atoms with E-state index in [9.17, 15) is 8.42 Å². The predicted octanol–water partition coefficient (Wildman–Crippen LogP) is 1.40. The first-order chi connectivity index (χ1) is 6.61. The molecule has 0 atom stereocenters. The quantitative estimate of drug-likeness (QED) is 0.758. The molecule has 14 heavy (non-hydrogen) atoms. The minimum atomic E-state index is -3.52. The maximum atomic E-state index is 11.4. The minimum Gasteiger partial charge on any atom is -0.491 e. The zero-order valence-corrected chi connectivity index (χ0v) is 8.62. The van der Waals surface area contributed by atoms with Crippen LogP contribution in [0.25, 0.3) is 0 Å². The normalized spacial score (nSPS) is 10.9. The van der Waals surface area contributed by atoms with Gasteiger partial charge in [0.25, 0.3) is 0 Å². The van der Waals surface area contributed by atoms with Crippen LogP contribution in [0.4, 0.5) is 0 Å². The number of sulfone groups is 1. The highest BCUT2D eigenvalue weighted by Gasteiger charge is 2.16. The fourth-order valence-corrected chi connectivity index (χ4v) is 1.71. The highest BCUT2D eigenvalue weighted by molar-refractivity contribution is 7.94. The van der Waals surface area contributed by atoms with Gasteiger partial charge in [-0.3, -0.25) is 0 Å². The zero-order chi connectivity index (χ0) is 10.6. The summed E-state index contributed by atoms with van der Waals surface area (Å²) < 4.78 is 28.0. The maximum Gasteiger partial charge on any atom is 0.220 e. The van der Waals surface area contributed by atoms with E-state index in [1.165, 1.54) is 6.20 Å². The van der Waals surface area contributed by atoms with Crippen LogP contribution < -0.4 is 4.74 Å². The van der Waals surface area contributed by atoms with E-state index in [2.05, 4.69) is 11.6 Å². The summed E-state index contributed by atoms with van der Waals surface area (Å²) >= 11 is 0. The first kappa shape index (κ1) is 10.7. The van der Waals surface area contributed by atoms with Gasteiger partial charge in [0.2, 0.25) is 14.9 Å². The van der Waals surface area contributed by atoms with Crippen molar-refractivity contribution >= 4 is 9.84 Å². The molecule has 0 bridgehead atoms. The molecular formula is C9H11NO3S. The molecule has 0 saturated heterocycles. The van der Waals surface area contributed by atoms with Crippen molar-refractivity contribution in [2.75, 3.05) is 6.61 Å². The fraction of sp³-hybridized carbons (Fsp3) is 0.222. The predicted molar refractivity (Wildman–Crippen MR) is 52.8 cm³/mol. The van der Waals surface area contributed by atoms with E-state index in [0.717, 1.165) is 5.41 Å². The molecule has 0 aliphatic rings. The molecule has 0 aliphatic heterocycles. The van der Waals surface area contributed by atoms with Gasteiger partial charge in [-0.15, -0.1) is 0 Å². The lowest BCUT2D eigenvalue weighted by molar-refractivity contribution is 0.328. The Morgan fingerprint density at radius 3 is 2.93 bits per heavy atom. The maximum absolute atomic E-state index is 11.4. The van der Waals surface area contributed by atoms with Crippen LogP contribution in [0.5, 0.6) is 5.75 Å². The summed E-state index contributed by atoms with van der Waals surface area (Å²) in [7, 11) is -3.52. The molecule has 0 aliphatic carbocycles. The van der Waals surface area contributed by atoms with Gasteiger partial charge in [0.15, 0.2) is 5.75 Å². The van der Waals surface area contributed by atoms with E-state index in [1.807, 2.05) is 0 Å². The number of nitrogens with zero attached hydrogens (tertiary/aromatic N) is 1. The van der Waals surface area contributed by atoms with E-state index < -0.39 is 9.84 Å². The molecule has 0 radical (unpaired) electrons. The Labute approximate surface area is 83.2 Å². The summed E-state index contributed by atoms with van der Waals surface area (Å²) in [6.07, 6.45) is 1.40. The number of rotatable bonds is 4. The Balaban J connectivity index is 3.27. The summed E-state index contributed by atoms with van der Waals surface area (Å²) in [5.41, 5.74) is 0. The molecule has 0 N–H and O–H groups in total. The fourth-order valence-electron chi connectivity index (χ4n) is 0.934. The molecule has 76 valence electrons. The van der Waals surface area contributed by atoms with Gasteiger partial charge in [0.05, 0.1) is 6.61 Å². The van der Waals surface area contributed by atoms with E-state index >= 15 is 0 Å². The van der Waals surface area contributed by atoms with Gasteiger partial charge in [-0.25, -0.2) is 13.4 Å². The third kappa shape index (κ3) is 2.11. The van der Waals surface area contributed by atoms with Crippen LogP contribution in [-0.2, 0) is 9.84 Å². The van der Waals surface area contributed by atoms with E-state index in [1.54, 1.807) is 19.1 Å². The second-order valence-electron chi connectivity index (χ2n) is 2.45. The Bertz CT molecular complexity index is 425. The average Bonchev–Trinajstić information content (AvgIpc) is 2.19. The average molecular weight is 213 g/mol. The zero-order valence-electron chi connectivity index (χ0n) is 7.80. The lowest BCUT2D eigenvalue weighted by Crippen LogP contribution is -2.03. The standard InChI is InChI=1S/C9H11NO3S/c1-3-13-8-6-5-7-10-9(8)14(11,12)4-2/h4-7H,2-3H2,1H3. The third-order valence-corrected chi connectivity index (χ3v) is 2.81. The van der Waals surface area contributed by atoms with Crippen LogP contribution in [0.15, 0.2) is 35.3 Å². The second-order valence-corrected chi connectivity index (χ2v) is 4.26. The summed E-state index contributed by atoms with van der Waals surface area (Å²) in [4.78, 5) is 3.76. The van der Waals surface area contributed by atoms with E-state index in [-0.39, 0.29) is 10.8 Å². The Morgan fingerprint density at radius 2 is 2.36 bits per heavy atom. The highest BCUT2D eigenvalue weighted by Crippen LogP contribution is 2.21. The summed E-state index contributed by atoms with van der Waals surface area (Å²) in [5, 5.41) is 0.773. The molecule has 0 aromatic carbocycles. The summed E-state index contributed by atoms with van der Waals surface area (Å²) in [5.74, 6) is 0.259. The Morgan fingerprint density at radius 1 is 1.64 bits per heavy atom. The molecule has 1 aromatic heterocycles. The van der Waals surface area contributed by atoms with Crippen molar-refractivity contribution < 1.29 is 13.2 Å². The van der Waals surface area contributed by atoms with Crippen molar-refractivity contribution in [2.24, 2.45) is 0 Å². The molecule has 4 nitrogen and oxygen atoms in total. The topological polar surface area (TPSA) is 56.3 Å². The van der Waals surface area contributed by atoms with E-state index in [4.69, 9.17) is 4.74 Å². The van der Waals surface area contributed by atoms with Crippen molar-refractivity contribution in [3.05, 3.63) is 30.3 Å². The van der Waals surface area contributed by atoms with Gasteiger partial charge in [-0.1, -0.05) is 6.58 Å². The molecule has 5 heteroatoms. The molecule has 0 fully saturated rings. The van der Waals surface area contributed by atoms with Crippen molar-refractivity contribution in [1.82, 2.24) is 4.98 Å². The van der Waals surface area contributed by atoms with Gasteiger partial charge in [-0.05, 0) is 19.1 Å². The molecule has 1 heterocycles. The SMILES string of the molecule is C=CS(=O)(=O)c1ncccc1OCC. The van der Waals surface area contributed by atoms with Crippen molar-refractivity contribution in [1.29, 1.82) is 0 Å². The van der Waals surface area contributed by atoms with Crippen molar-refractivity contribution in [2.45, 2.75) is 11.9 Å². The summed E-state index contributed by atoms with van der Waals surface area (Å²) in [6, 6.07) is 3.18. The van der Waals surface area contributed by atoms with Gasteiger partial charge in [-0.2, -0.15) is 0 Å². The molecular weight excluding hydrogens is 202 g/mol. The van der Waals surface area contributed by atoms with E-state index in [0.29, 0.717) is 6.61 Å². The largest absolute Gasteiger partial charge is 0.491 e. The number of hydrogen-bond donors (Lipinski definition) is 0. The van der Waals surface area contributed by atoms with Gasteiger partial charge in [0.1, 0.15) is 0 Å². The monoisotopic (exact) mass is 213 g/mol. The molecule has 0 unspecified atom stereocenters. The minimum absolute atomic E-state index is 0.0862. The lowest BCUT2D eigenvalue weighted by Gasteiger charge is -2.06. The van der Waals surface area contributed by atoms with Crippen molar-refractivity contribution in [3.8, 4) is 5.75 Å². The van der Waals surface area contributed by atoms with Crippen molar-refractivity contribution in [3.63, 3.8) is 0 Å². The first-order valence-electron chi connectivity index (χ1n) is 4.07. The van der Waals surface area contributed by atoms with Crippen LogP contribution in [0.2, 0.25) is 0 Å². The lowest BCUT2D eigenvalue weighted by atomic mass is 10.5. The Hall–Kier alpha value is -1.36. The smallest absolute Gasteiger partial charge is 0.220 e. The van der Waals surface area contributed by atoms with Gasteiger partial charge < -0.3 is 4.74 Å². The molecule has 1 rings (SSSR count). The highest BCUT2D eigenvalue weighted by atomic mass is 32.2. The van der Waals surface area contributed by atoms with Gasteiger partial charge in [0, 0.05) is 11.6 Å². The van der Waals surface area contributed by atoms with Crippen LogP contribution in [0.1, 0.15) is 6.92 Å². The van der Waals surface area contributed by atoms with Crippen LogP contribution in [-0.4, -0.2) is 20.0 Å². The van der Waals surface area contributed by atoms with Crippen LogP contribution >= 0.6 is 0 Å². The Kier molecular flexibility index (Phi) is 3.24. The van der Waals surface area contributed by atoms with Gasteiger partial charge >= 0.3 is 0 Å². The number of aromatic nitrogens is 1. The third-order valence-electron chi connectivity index (χ3n) is 1.52. The molecule has 0 spiro atoms. The van der Waals surface area contributed by atoms with Crippen LogP contribution in [0.3, 0.4) is 0 Å². The second kappa shape index (κ2) is 4.23. The number of pyridine rings is 1. The molecule has 0 saturated carbocycles.